The number of hydrogen-bond acceptors (Lipinski definition) is 2. The molecule has 1 aromatic carbocycles. The highest BCUT2D eigenvalue weighted by molar-refractivity contribution is 5.92. The van der Waals surface area contributed by atoms with Crippen LogP contribution in [-0.4, -0.2) is 5.91 Å². The summed E-state index contributed by atoms with van der Waals surface area (Å²) in [5, 5.41) is 0. The van der Waals surface area contributed by atoms with Crippen LogP contribution in [0.25, 0.3) is 0 Å². The van der Waals surface area contributed by atoms with Gasteiger partial charge in [-0.2, -0.15) is 0 Å². The van der Waals surface area contributed by atoms with Crippen molar-refractivity contribution in [2.45, 2.75) is 0 Å². The molecule has 3 nitrogen and oxygen atoms in total. The summed E-state index contributed by atoms with van der Waals surface area (Å²) in [4.78, 5) is 11.1. The third kappa shape index (κ3) is 1.25. The largest absolute Gasteiger partial charge is 0.399 e. The first-order chi connectivity index (χ1) is 6.52. The summed E-state index contributed by atoms with van der Waals surface area (Å²) in [6.45, 7) is 0. The van der Waals surface area contributed by atoms with Crippen molar-refractivity contribution in [1.82, 2.24) is 0 Å². The van der Waals surface area contributed by atoms with Crippen LogP contribution in [0.3, 0.4) is 0 Å². The molecule has 0 aliphatic carbocycles. The second kappa shape index (κ2) is 2.39. The molecule has 1 rings (SSSR count). The van der Waals surface area contributed by atoms with E-state index in [9.17, 15) is 4.79 Å². The lowest BCUT2D eigenvalue weighted by atomic mass is 10.2. The lowest BCUT2D eigenvalue weighted by molar-refractivity contribution is 0.100. The van der Waals surface area contributed by atoms with Crippen molar-refractivity contribution in [3.63, 3.8) is 0 Å². The normalized spacial score (nSPS) is 14.0. The number of carbonyl (C=O) groups excluding carboxylic acids is 1. The van der Waals surface area contributed by atoms with Crippen LogP contribution in [-0.2, 0) is 0 Å². The molecule has 0 unspecified atom stereocenters. The molecule has 0 aromatic heterocycles. The van der Waals surface area contributed by atoms with Crippen molar-refractivity contribution in [1.29, 1.82) is 0 Å². The summed E-state index contributed by atoms with van der Waals surface area (Å²) in [7, 11) is 0. The molecular formula is C7H8N2O. The second-order valence-corrected chi connectivity index (χ2v) is 1.85. The van der Waals surface area contributed by atoms with E-state index < -0.39 is 5.91 Å². The minimum absolute atomic E-state index is 0.0197. The molecule has 10 heavy (non-hydrogen) atoms. The van der Waals surface area contributed by atoms with Gasteiger partial charge in [0.05, 0.1) is 0 Å². The molecule has 0 radical (unpaired) electrons. The second-order valence-electron chi connectivity index (χ2n) is 1.85. The number of anilines is 1. The third-order valence-electron chi connectivity index (χ3n) is 1.11. The Morgan fingerprint density at radius 1 is 1.40 bits per heavy atom. The van der Waals surface area contributed by atoms with Gasteiger partial charge < -0.3 is 11.4 Å². The van der Waals surface area contributed by atoms with Gasteiger partial charge in [-0.1, -0.05) is 0 Å². The van der Waals surface area contributed by atoms with Crippen LogP contribution >= 0.6 is 0 Å². The molecule has 0 aliphatic rings. The first kappa shape index (κ1) is 3.05. The first-order valence-electron chi connectivity index (χ1n) is 4.51. The van der Waals surface area contributed by atoms with Crippen LogP contribution < -0.4 is 11.4 Å². The van der Waals surface area contributed by atoms with Gasteiger partial charge >= 0.3 is 0 Å². The Hall–Kier alpha value is -1.51. The van der Waals surface area contributed by atoms with Crippen LogP contribution in [0.1, 0.15) is 10.4 Å². The zero-order valence-electron chi connectivity index (χ0n) is 9.11. The Morgan fingerprint density at radius 2 is 2.10 bits per heavy atom. The van der Waals surface area contributed by atoms with Gasteiger partial charge in [0.25, 0.3) is 0 Å². The van der Waals surface area contributed by atoms with E-state index in [4.69, 9.17) is 5.65 Å². The highest BCUT2D eigenvalue weighted by Gasteiger charge is 1.96. The quantitative estimate of drug-likeness (QED) is 0.582. The zero-order chi connectivity index (χ0) is 10.7. The number of primary amides is 1. The number of nitrogen functional groups attached to an aromatic ring is 1. The monoisotopic (exact) mass is 140 g/mol. The topological polar surface area (TPSA) is 69.1 Å². The molecule has 52 valence electrons. The Kier molecular flexibility index (Phi) is 0.730. The Labute approximate surface area is 64.5 Å². The van der Waals surface area contributed by atoms with Crippen LogP contribution in [0, 0.1) is 0 Å². The van der Waals surface area contributed by atoms with Crippen LogP contribution in [0.4, 0.5) is 5.69 Å². The number of carbonyl (C=O) groups is 1. The highest BCUT2D eigenvalue weighted by atomic mass is 16.1. The van der Waals surface area contributed by atoms with E-state index in [1.807, 2.05) is 0 Å². The number of benzene rings is 1. The van der Waals surface area contributed by atoms with Gasteiger partial charge in [-0.3, -0.25) is 4.79 Å². The van der Waals surface area contributed by atoms with Crippen molar-refractivity contribution < 1.29 is 10.4 Å². The van der Waals surface area contributed by atoms with Gasteiger partial charge in [-0.25, -0.2) is 0 Å². The van der Waals surface area contributed by atoms with Gasteiger partial charge in [0.1, 0.15) is 0 Å². The zero-order valence-corrected chi connectivity index (χ0v) is 5.11. The summed E-state index contributed by atoms with van der Waals surface area (Å²) in [5.74, 6) is -0.752. The number of amides is 1. The maximum atomic E-state index is 11.1. The summed E-state index contributed by atoms with van der Waals surface area (Å²) in [5.41, 5.74) is 0.880. The summed E-state index contributed by atoms with van der Waals surface area (Å²) in [6, 6.07) is 5.53. The van der Waals surface area contributed by atoms with E-state index in [1.54, 1.807) is 0 Å². The fraction of sp³-hybridized carbons (Fsp3) is 0. The standard InChI is InChI=1S/C7H8N2O/c8-6-3-1-5(2-4-6)7(9)10/h1-4H,8H2,(H2,9,10)/i/hD4. The number of rotatable bonds is 2. The SMILES string of the molecule is [2H]N([2H])C(=O)c1ccc(N([2H])[2H])cc1. The summed E-state index contributed by atoms with van der Waals surface area (Å²) < 4.78 is 27.3. The van der Waals surface area contributed by atoms with Crippen molar-refractivity contribution in [2.75, 3.05) is 5.72 Å². The predicted molar refractivity (Wildman–Crippen MR) is 39.4 cm³/mol. The smallest absolute Gasteiger partial charge is 0.248 e. The molecule has 1 aromatic rings. The van der Waals surface area contributed by atoms with E-state index in [0.29, 0.717) is 11.4 Å². The molecule has 0 saturated heterocycles. The first-order valence-corrected chi connectivity index (χ1v) is 2.72. The fourth-order valence-electron chi connectivity index (χ4n) is 0.604. The Balaban J connectivity index is 2.89. The molecule has 0 aliphatic heterocycles. The number of hydrogen-bond donors (Lipinski definition) is 2. The average Bonchev–Trinajstić information content (AvgIpc) is 2.16. The minimum Gasteiger partial charge on any atom is -0.399 e. The molecule has 0 heterocycles. The molecule has 0 saturated carbocycles. The van der Waals surface area contributed by atoms with Crippen molar-refractivity contribution in [3.05, 3.63) is 29.8 Å². The van der Waals surface area contributed by atoms with Crippen molar-refractivity contribution in [3.8, 4) is 0 Å². The van der Waals surface area contributed by atoms with E-state index in [-0.39, 0.29) is 11.3 Å². The van der Waals surface area contributed by atoms with Crippen LogP contribution in [0.5, 0.6) is 0 Å². The molecule has 0 atom stereocenters. The van der Waals surface area contributed by atoms with E-state index in [1.165, 1.54) is 24.3 Å². The van der Waals surface area contributed by atoms with Crippen molar-refractivity contribution in [2.24, 2.45) is 5.72 Å². The maximum Gasteiger partial charge on any atom is 0.248 e. The van der Waals surface area contributed by atoms with Gasteiger partial charge in [0.2, 0.25) is 5.91 Å². The molecule has 0 fully saturated rings. The van der Waals surface area contributed by atoms with Crippen molar-refractivity contribution >= 4 is 11.6 Å². The highest BCUT2D eigenvalue weighted by Crippen LogP contribution is 2.03. The van der Waals surface area contributed by atoms with Crippen LogP contribution in [0.2, 0.25) is 5.65 Å². The van der Waals surface area contributed by atoms with Gasteiger partial charge in [-0.05, 0) is 24.3 Å². The van der Waals surface area contributed by atoms with Gasteiger partial charge in [0.15, 0.2) is 5.65 Å². The molecule has 0 spiro atoms. The molecule has 0 bridgehead atoms. The maximum absolute atomic E-state index is 11.1. The fourth-order valence-corrected chi connectivity index (χ4v) is 0.604. The number of nitrogens with two attached hydrogens (primary N) is 2. The molecular weight excluding hydrogens is 128 g/mol. The summed E-state index contributed by atoms with van der Waals surface area (Å²) in [6.07, 6.45) is 0. The average molecular weight is 140 g/mol. The minimum atomic E-state index is -0.752. The predicted octanol–water partition coefficient (Wildman–Crippen LogP) is 0.368. The molecule has 1 amide bonds. The Bertz CT molecular complexity index is 325. The Morgan fingerprint density at radius 3 is 2.60 bits per heavy atom. The van der Waals surface area contributed by atoms with Gasteiger partial charge in [0, 0.05) is 11.3 Å². The molecule has 3 heteroatoms. The van der Waals surface area contributed by atoms with Crippen LogP contribution in [0.15, 0.2) is 24.3 Å². The van der Waals surface area contributed by atoms with E-state index in [0.717, 1.165) is 0 Å². The van der Waals surface area contributed by atoms with E-state index >= 15 is 0 Å². The van der Waals surface area contributed by atoms with Gasteiger partial charge in [-0.15, -0.1) is 0 Å². The third-order valence-corrected chi connectivity index (χ3v) is 1.11. The molecule has 4 N–H and O–H groups in total. The lowest BCUT2D eigenvalue weighted by Gasteiger charge is -1.93. The lowest BCUT2D eigenvalue weighted by Crippen LogP contribution is -2.10. The summed E-state index contributed by atoms with van der Waals surface area (Å²) >= 11 is 0. The van der Waals surface area contributed by atoms with E-state index in [2.05, 4.69) is 0 Å².